The summed E-state index contributed by atoms with van der Waals surface area (Å²) in [6.07, 6.45) is 2.54. The maximum Gasteiger partial charge on any atom is 0.216 e. The SMILES string of the molecule is CCCCSc1ccc(-c2ccc(C3=NC(C)(C)CO3)cc2)s1. The Balaban J connectivity index is 1.70. The number of thioether (sulfide) groups is 1. The van der Waals surface area contributed by atoms with E-state index in [2.05, 4.69) is 62.2 Å². The van der Waals surface area contributed by atoms with Crippen LogP contribution in [-0.4, -0.2) is 23.8 Å². The van der Waals surface area contributed by atoms with Crippen LogP contribution in [0.4, 0.5) is 0 Å². The summed E-state index contributed by atoms with van der Waals surface area (Å²) in [5.41, 5.74) is 2.22. The largest absolute Gasteiger partial charge is 0.475 e. The molecule has 2 aromatic rings. The van der Waals surface area contributed by atoms with Crippen molar-refractivity contribution >= 4 is 29.0 Å². The monoisotopic (exact) mass is 345 g/mol. The van der Waals surface area contributed by atoms with Crippen molar-refractivity contribution < 1.29 is 4.74 Å². The Labute approximate surface area is 147 Å². The van der Waals surface area contributed by atoms with Gasteiger partial charge in [-0.25, -0.2) is 4.99 Å². The minimum absolute atomic E-state index is 0.105. The van der Waals surface area contributed by atoms with Gasteiger partial charge in [0.25, 0.3) is 0 Å². The lowest BCUT2D eigenvalue weighted by molar-refractivity contribution is 0.279. The summed E-state index contributed by atoms with van der Waals surface area (Å²) in [4.78, 5) is 5.96. The Hall–Kier alpha value is -1.26. The summed E-state index contributed by atoms with van der Waals surface area (Å²) < 4.78 is 7.11. The number of aliphatic imine (C=N–C) groups is 1. The number of rotatable bonds is 6. The minimum atomic E-state index is -0.105. The second kappa shape index (κ2) is 7.10. The predicted molar refractivity (Wildman–Crippen MR) is 102 cm³/mol. The molecule has 2 heterocycles. The lowest BCUT2D eigenvalue weighted by Crippen LogP contribution is -2.17. The quantitative estimate of drug-likeness (QED) is 0.483. The third-order valence-electron chi connectivity index (χ3n) is 3.71. The first-order valence-corrected chi connectivity index (χ1v) is 9.94. The van der Waals surface area contributed by atoms with E-state index in [1.807, 2.05) is 23.1 Å². The fourth-order valence-electron chi connectivity index (χ4n) is 2.38. The molecule has 0 amide bonds. The first kappa shape index (κ1) is 16.6. The van der Waals surface area contributed by atoms with E-state index >= 15 is 0 Å². The van der Waals surface area contributed by atoms with Crippen LogP contribution in [0, 0.1) is 0 Å². The van der Waals surface area contributed by atoms with E-state index in [0.29, 0.717) is 6.61 Å². The number of unbranched alkanes of at least 4 members (excludes halogenated alkanes) is 1. The molecule has 0 radical (unpaired) electrons. The average Bonchev–Trinajstić information content (AvgIpc) is 3.14. The highest BCUT2D eigenvalue weighted by atomic mass is 32.2. The van der Waals surface area contributed by atoms with Crippen molar-refractivity contribution in [3.63, 3.8) is 0 Å². The molecule has 4 heteroatoms. The van der Waals surface area contributed by atoms with Crippen LogP contribution in [0.3, 0.4) is 0 Å². The summed E-state index contributed by atoms with van der Waals surface area (Å²) in [5.74, 6) is 1.98. The van der Waals surface area contributed by atoms with Crippen molar-refractivity contribution in [2.24, 2.45) is 4.99 Å². The number of ether oxygens (including phenoxy) is 1. The summed E-state index contributed by atoms with van der Waals surface area (Å²) in [5, 5.41) is 0. The van der Waals surface area contributed by atoms with Crippen LogP contribution in [0.1, 0.15) is 39.2 Å². The van der Waals surface area contributed by atoms with Crippen LogP contribution in [0.25, 0.3) is 10.4 Å². The molecule has 0 fully saturated rings. The highest BCUT2D eigenvalue weighted by molar-refractivity contribution is 8.01. The van der Waals surface area contributed by atoms with Crippen molar-refractivity contribution in [2.45, 2.75) is 43.4 Å². The number of nitrogens with zero attached hydrogens (tertiary/aromatic N) is 1. The van der Waals surface area contributed by atoms with Crippen molar-refractivity contribution in [1.82, 2.24) is 0 Å². The number of hydrogen-bond acceptors (Lipinski definition) is 4. The fourth-order valence-corrected chi connectivity index (χ4v) is 4.68. The van der Waals surface area contributed by atoms with Crippen LogP contribution in [0.15, 0.2) is 45.6 Å². The molecule has 0 N–H and O–H groups in total. The second-order valence-electron chi connectivity index (χ2n) is 6.42. The van der Waals surface area contributed by atoms with Crippen molar-refractivity contribution in [3.05, 3.63) is 42.0 Å². The Kier molecular flexibility index (Phi) is 5.12. The molecule has 0 bridgehead atoms. The van der Waals surface area contributed by atoms with E-state index in [4.69, 9.17) is 4.74 Å². The van der Waals surface area contributed by atoms with Crippen molar-refractivity contribution in [1.29, 1.82) is 0 Å². The number of benzene rings is 1. The average molecular weight is 346 g/mol. The Bertz CT molecular complexity index is 686. The van der Waals surface area contributed by atoms with E-state index in [1.165, 1.54) is 33.2 Å². The third kappa shape index (κ3) is 4.18. The van der Waals surface area contributed by atoms with Gasteiger partial charge >= 0.3 is 0 Å². The predicted octanol–water partition coefficient (Wildman–Crippen LogP) is 5.86. The van der Waals surface area contributed by atoms with Gasteiger partial charge in [-0.15, -0.1) is 23.1 Å². The van der Waals surface area contributed by atoms with Gasteiger partial charge in [-0.05, 0) is 55.9 Å². The Morgan fingerprint density at radius 3 is 2.52 bits per heavy atom. The van der Waals surface area contributed by atoms with Crippen LogP contribution in [0.5, 0.6) is 0 Å². The zero-order valence-electron chi connectivity index (χ0n) is 14.0. The molecule has 0 unspecified atom stereocenters. The fraction of sp³-hybridized carbons (Fsp3) is 0.421. The van der Waals surface area contributed by atoms with E-state index in [1.54, 1.807) is 0 Å². The minimum Gasteiger partial charge on any atom is -0.475 e. The summed E-state index contributed by atoms with van der Waals surface area (Å²) in [6, 6.07) is 13.0. The van der Waals surface area contributed by atoms with Gasteiger partial charge in [-0.1, -0.05) is 25.5 Å². The van der Waals surface area contributed by atoms with E-state index < -0.39 is 0 Å². The molecule has 1 aliphatic heterocycles. The molecule has 0 atom stereocenters. The molecule has 23 heavy (non-hydrogen) atoms. The van der Waals surface area contributed by atoms with E-state index in [0.717, 1.165) is 11.5 Å². The van der Waals surface area contributed by atoms with Gasteiger partial charge in [0.15, 0.2) is 0 Å². The van der Waals surface area contributed by atoms with Gasteiger partial charge in [0, 0.05) is 10.4 Å². The number of hydrogen-bond donors (Lipinski definition) is 0. The van der Waals surface area contributed by atoms with E-state index in [-0.39, 0.29) is 5.54 Å². The summed E-state index contributed by atoms with van der Waals surface area (Å²) in [6.45, 7) is 7.09. The first-order chi connectivity index (χ1) is 11.1. The van der Waals surface area contributed by atoms with Gasteiger partial charge in [0.1, 0.15) is 6.61 Å². The van der Waals surface area contributed by atoms with Gasteiger partial charge in [-0.3, -0.25) is 0 Å². The van der Waals surface area contributed by atoms with E-state index in [9.17, 15) is 0 Å². The highest BCUT2D eigenvalue weighted by Crippen LogP contribution is 2.34. The molecule has 3 rings (SSSR count). The summed E-state index contributed by atoms with van der Waals surface area (Å²) >= 11 is 3.84. The lowest BCUT2D eigenvalue weighted by atomic mass is 10.1. The van der Waals surface area contributed by atoms with Gasteiger partial charge < -0.3 is 4.74 Å². The normalized spacial score (nSPS) is 16.2. The molecule has 1 aromatic heterocycles. The lowest BCUT2D eigenvalue weighted by Gasteiger charge is -2.07. The van der Waals surface area contributed by atoms with Crippen LogP contribution < -0.4 is 0 Å². The molecule has 2 nitrogen and oxygen atoms in total. The van der Waals surface area contributed by atoms with Gasteiger partial charge in [0.2, 0.25) is 5.90 Å². The molecule has 0 saturated carbocycles. The van der Waals surface area contributed by atoms with Crippen LogP contribution in [0.2, 0.25) is 0 Å². The molecule has 0 aliphatic carbocycles. The molecule has 1 aliphatic rings. The zero-order valence-corrected chi connectivity index (χ0v) is 15.6. The van der Waals surface area contributed by atoms with Crippen LogP contribution in [-0.2, 0) is 4.74 Å². The number of thiophene rings is 1. The standard InChI is InChI=1S/C19H23NOS2/c1-4-5-12-22-17-11-10-16(23-17)14-6-8-15(9-7-14)18-20-19(2,3)13-21-18/h6-11H,4-5,12-13H2,1-3H3. The molecular formula is C19H23NOS2. The topological polar surface area (TPSA) is 21.6 Å². The highest BCUT2D eigenvalue weighted by Gasteiger charge is 2.26. The molecular weight excluding hydrogens is 322 g/mol. The maximum atomic E-state index is 5.71. The maximum absolute atomic E-state index is 5.71. The smallest absolute Gasteiger partial charge is 0.216 e. The summed E-state index contributed by atoms with van der Waals surface area (Å²) in [7, 11) is 0. The van der Waals surface area contributed by atoms with Gasteiger partial charge in [0.05, 0.1) is 9.75 Å². The molecule has 1 aromatic carbocycles. The zero-order chi connectivity index (χ0) is 16.3. The van der Waals surface area contributed by atoms with Crippen LogP contribution >= 0.6 is 23.1 Å². The Morgan fingerprint density at radius 1 is 1.13 bits per heavy atom. The molecule has 0 saturated heterocycles. The van der Waals surface area contributed by atoms with Gasteiger partial charge in [-0.2, -0.15) is 0 Å². The molecule has 0 spiro atoms. The Morgan fingerprint density at radius 2 is 1.87 bits per heavy atom. The first-order valence-electron chi connectivity index (χ1n) is 8.13. The molecule has 122 valence electrons. The third-order valence-corrected chi connectivity index (χ3v) is 6.15. The second-order valence-corrected chi connectivity index (χ2v) is 8.90. The van der Waals surface area contributed by atoms with Crippen molar-refractivity contribution in [3.8, 4) is 10.4 Å². The van der Waals surface area contributed by atoms with Crippen molar-refractivity contribution in [2.75, 3.05) is 12.4 Å².